The number of methoxy groups -OCH3 is 1. The predicted octanol–water partition coefficient (Wildman–Crippen LogP) is 2.20. The van der Waals surface area contributed by atoms with Crippen molar-refractivity contribution in [1.82, 2.24) is 10.2 Å². The summed E-state index contributed by atoms with van der Waals surface area (Å²) in [6, 6.07) is 5.61. The second-order valence-corrected chi connectivity index (χ2v) is 5.64. The summed E-state index contributed by atoms with van der Waals surface area (Å²) < 4.78 is 25.0. The molecule has 2 atom stereocenters. The Morgan fingerprint density at radius 1 is 1.48 bits per heavy atom. The fourth-order valence-corrected chi connectivity index (χ4v) is 2.98. The zero-order valence-electron chi connectivity index (χ0n) is 13.2. The molecule has 4 nitrogen and oxygen atoms in total. The summed E-state index contributed by atoms with van der Waals surface area (Å²) in [5, 5.41) is 3.16. The number of ether oxygens (including phenoxy) is 2. The van der Waals surface area contributed by atoms with E-state index in [1.165, 1.54) is 7.11 Å². The molecule has 21 heavy (non-hydrogen) atoms. The van der Waals surface area contributed by atoms with E-state index >= 15 is 0 Å². The second-order valence-electron chi connectivity index (χ2n) is 5.64. The van der Waals surface area contributed by atoms with Crippen LogP contribution < -0.4 is 10.1 Å². The van der Waals surface area contributed by atoms with Gasteiger partial charge in [-0.2, -0.15) is 0 Å². The standard InChI is InChI=1S/C16H25FN2O2/c1-11(2)19-7-8-21-15(10-18-3)16(19)12-5-6-14(20-4)13(17)9-12/h5-6,9,11,15-16,18H,7-8,10H2,1-4H3. The Hall–Kier alpha value is -1.17. The van der Waals surface area contributed by atoms with Gasteiger partial charge in [-0.3, -0.25) is 4.90 Å². The summed E-state index contributed by atoms with van der Waals surface area (Å²) in [6.07, 6.45) is 0.0129. The number of nitrogens with one attached hydrogen (secondary N) is 1. The maximum absolute atomic E-state index is 14.0. The van der Waals surface area contributed by atoms with Crippen molar-refractivity contribution in [2.75, 3.05) is 33.9 Å². The minimum absolute atomic E-state index is 0.0129. The van der Waals surface area contributed by atoms with Crippen molar-refractivity contribution >= 4 is 0 Å². The quantitative estimate of drug-likeness (QED) is 0.903. The van der Waals surface area contributed by atoms with Gasteiger partial charge in [0.25, 0.3) is 0 Å². The third kappa shape index (κ3) is 3.54. The molecule has 5 heteroatoms. The van der Waals surface area contributed by atoms with Gasteiger partial charge in [0.15, 0.2) is 11.6 Å². The number of likely N-dealkylation sites (N-methyl/N-ethyl adjacent to an activating group) is 1. The van der Waals surface area contributed by atoms with Crippen molar-refractivity contribution in [2.24, 2.45) is 0 Å². The monoisotopic (exact) mass is 296 g/mol. The van der Waals surface area contributed by atoms with Crippen LogP contribution in [0.5, 0.6) is 5.75 Å². The van der Waals surface area contributed by atoms with Gasteiger partial charge in [-0.25, -0.2) is 4.39 Å². The molecule has 0 aromatic heterocycles. The van der Waals surface area contributed by atoms with Crippen LogP contribution >= 0.6 is 0 Å². The number of hydrogen-bond acceptors (Lipinski definition) is 4. The molecule has 2 rings (SSSR count). The van der Waals surface area contributed by atoms with Crippen molar-refractivity contribution in [2.45, 2.75) is 32.0 Å². The van der Waals surface area contributed by atoms with Gasteiger partial charge in [-0.1, -0.05) is 6.07 Å². The number of rotatable bonds is 5. The first-order chi connectivity index (χ1) is 10.1. The van der Waals surface area contributed by atoms with E-state index < -0.39 is 0 Å². The van der Waals surface area contributed by atoms with E-state index in [1.54, 1.807) is 12.1 Å². The van der Waals surface area contributed by atoms with E-state index in [0.29, 0.717) is 12.6 Å². The highest BCUT2D eigenvalue weighted by Gasteiger charge is 2.34. The Kier molecular flexibility index (Phi) is 5.56. The Labute approximate surface area is 126 Å². The molecule has 2 unspecified atom stereocenters. The first-order valence-corrected chi connectivity index (χ1v) is 7.43. The summed E-state index contributed by atoms with van der Waals surface area (Å²) in [5.74, 6) is -0.0516. The molecular weight excluding hydrogens is 271 g/mol. The highest BCUT2D eigenvalue weighted by Crippen LogP contribution is 2.33. The van der Waals surface area contributed by atoms with Crippen LogP contribution in [0, 0.1) is 5.82 Å². The summed E-state index contributed by atoms with van der Waals surface area (Å²) in [4.78, 5) is 2.37. The number of hydrogen-bond donors (Lipinski definition) is 1. The first kappa shape index (κ1) is 16.2. The zero-order chi connectivity index (χ0) is 15.4. The number of nitrogens with zero attached hydrogens (tertiary/aromatic N) is 1. The molecule has 1 saturated heterocycles. The molecule has 1 aliphatic rings. The topological polar surface area (TPSA) is 33.7 Å². The third-order valence-corrected chi connectivity index (χ3v) is 3.98. The van der Waals surface area contributed by atoms with E-state index in [9.17, 15) is 4.39 Å². The molecule has 0 bridgehead atoms. The molecule has 0 amide bonds. The van der Waals surface area contributed by atoms with Crippen molar-refractivity contribution < 1.29 is 13.9 Å². The fourth-order valence-electron chi connectivity index (χ4n) is 2.98. The normalized spacial score (nSPS) is 23.5. The van der Waals surface area contributed by atoms with Gasteiger partial charge in [0.05, 0.1) is 25.9 Å². The summed E-state index contributed by atoms with van der Waals surface area (Å²) in [6.45, 7) is 6.63. The largest absolute Gasteiger partial charge is 0.494 e. The zero-order valence-corrected chi connectivity index (χ0v) is 13.2. The van der Waals surface area contributed by atoms with Crippen LogP contribution in [0.1, 0.15) is 25.5 Å². The van der Waals surface area contributed by atoms with Gasteiger partial charge in [0, 0.05) is 19.1 Å². The molecule has 118 valence electrons. The minimum Gasteiger partial charge on any atom is -0.494 e. The average Bonchev–Trinajstić information content (AvgIpc) is 2.47. The van der Waals surface area contributed by atoms with Crippen molar-refractivity contribution in [3.63, 3.8) is 0 Å². The number of morpholine rings is 1. The van der Waals surface area contributed by atoms with Crippen molar-refractivity contribution in [1.29, 1.82) is 0 Å². The molecule has 0 aliphatic carbocycles. The lowest BCUT2D eigenvalue weighted by molar-refractivity contribution is -0.0816. The molecule has 1 N–H and O–H groups in total. The molecule has 0 radical (unpaired) electrons. The van der Waals surface area contributed by atoms with Crippen molar-refractivity contribution in [3.05, 3.63) is 29.6 Å². The van der Waals surface area contributed by atoms with Crippen LogP contribution in [0.4, 0.5) is 4.39 Å². The van der Waals surface area contributed by atoms with Gasteiger partial charge in [0.1, 0.15) is 0 Å². The predicted molar refractivity (Wildman–Crippen MR) is 81.2 cm³/mol. The van der Waals surface area contributed by atoms with E-state index in [4.69, 9.17) is 9.47 Å². The maximum Gasteiger partial charge on any atom is 0.165 e. The summed E-state index contributed by atoms with van der Waals surface area (Å²) >= 11 is 0. The lowest BCUT2D eigenvalue weighted by Crippen LogP contribution is -2.51. The lowest BCUT2D eigenvalue weighted by atomic mass is 9.96. The highest BCUT2D eigenvalue weighted by molar-refractivity contribution is 5.32. The minimum atomic E-state index is -0.326. The maximum atomic E-state index is 14.0. The van der Waals surface area contributed by atoms with E-state index in [2.05, 4.69) is 24.1 Å². The smallest absolute Gasteiger partial charge is 0.165 e. The van der Waals surface area contributed by atoms with E-state index in [-0.39, 0.29) is 23.7 Å². The average molecular weight is 296 g/mol. The molecule has 1 fully saturated rings. The van der Waals surface area contributed by atoms with Crippen LogP contribution in [-0.2, 0) is 4.74 Å². The number of halogens is 1. The third-order valence-electron chi connectivity index (χ3n) is 3.98. The highest BCUT2D eigenvalue weighted by atomic mass is 19.1. The Balaban J connectivity index is 2.34. The molecule has 1 aliphatic heterocycles. The molecule has 1 aromatic carbocycles. The van der Waals surface area contributed by atoms with E-state index in [1.807, 2.05) is 13.1 Å². The van der Waals surface area contributed by atoms with Crippen LogP contribution in [0.3, 0.4) is 0 Å². The SMILES string of the molecule is CNCC1OCCN(C(C)C)C1c1ccc(OC)c(F)c1. The summed E-state index contributed by atoms with van der Waals surface area (Å²) in [5.41, 5.74) is 0.932. The van der Waals surface area contributed by atoms with Crippen LogP contribution in [-0.4, -0.2) is 50.9 Å². The Bertz CT molecular complexity index is 466. The molecular formula is C16H25FN2O2. The van der Waals surface area contributed by atoms with Crippen LogP contribution in [0.15, 0.2) is 18.2 Å². The Morgan fingerprint density at radius 3 is 2.81 bits per heavy atom. The van der Waals surface area contributed by atoms with Crippen molar-refractivity contribution in [3.8, 4) is 5.75 Å². The molecule has 0 saturated carbocycles. The van der Waals surface area contributed by atoms with Gasteiger partial charge in [-0.15, -0.1) is 0 Å². The van der Waals surface area contributed by atoms with Gasteiger partial charge < -0.3 is 14.8 Å². The second kappa shape index (κ2) is 7.20. The molecule has 1 heterocycles. The summed E-state index contributed by atoms with van der Waals surface area (Å²) in [7, 11) is 3.38. The lowest BCUT2D eigenvalue weighted by Gasteiger charge is -2.43. The molecule has 0 spiro atoms. The van der Waals surface area contributed by atoms with E-state index in [0.717, 1.165) is 18.7 Å². The van der Waals surface area contributed by atoms with Crippen LogP contribution in [0.2, 0.25) is 0 Å². The Morgan fingerprint density at radius 2 is 2.24 bits per heavy atom. The van der Waals surface area contributed by atoms with Crippen LogP contribution in [0.25, 0.3) is 0 Å². The van der Waals surface area contributed by atoms with Gasteiger partial charge >= 0.3 is 0 Å². The fraction of sp³-hybridized carbons (Fsp3) is 0.625. The first-order valence-electron chi connectivity index (χ1n) is 7.43. The van der Waals surface area contributed by atoms with Gasteiger partial charge in [0.2, 0.25) is 0 Å². The molecule has 1 aromatic rings. The number of benzene rings is 1. The van der Waals surface area contributed by atoms with Gasteiger partial charge in [-0.05, 0) is 38.6 Å².